The second-order valence-electron chi connectivity index (χ2n) is 4.19. The topological polar surface area (TPSA) is 63.4 Å². The maximum Gasteiger partial charge on any atom is 0.254 e. The first kappa shape index (κ1) is 13.4. The molecule has 0 aromatic heterocycles. The van der Waals surface area contributed by atoms with Crippen LogP contribution in [0.4, 0.5) is 0 Å². The van der Waals surface area contributed by atoms with Gasteiger partial charge >= 0.3 is 0 Å². The van der Waals surface area contributed by atoms with Gasteiger partial charge in [0.25, 0.3) is 5.91 Å². The standard InChI is InChI=1S/C12H12BrClN2O2/c13-8-6-7(3-4-9(8)14)12(18)16-5-1-2-10(16)11(15)17/h3-4,6,10H,1-2,5H2,(H2,15,17). The number of primary amides is 1. The molecule has 1 heterocycles. The molecule has 96 valence electrons. The van der Waals surface area contributed by atoms with Crippen molar-refractivity contribution in [3.63, 3.8) is 0 Å². The van der Waals surface area contributed by atoms with Crippen molar-refractivity contribution in [1.29, 1.82) is 0 Å². The average Bonchev–Trinajstić information content (AvgIpc) is 2.81. The van der Waals surface area contributed by atoms with E-state index < -0.39 is 11.9 Å². The molecule has 0 radical (unpaired) electrons. The molecule has 4 nitrogen and oxygen atoms in total. The van der Waals surface area contributed by atoms with Crippen LogP contribution in [0.2, 0.25) is 5.02 Å². The first-order valence-corrected chi connectivity index (χ1v) is 6.73. The number of benzene rings is 1. The van der Waals surface area contributed by atoms with Crippen LogP contribution < -0.4 is 5.73 Å². The zero-order valence-corrected chi connectivity index (χ0v) is 11.9. The highest BCUT2D eigenvalue weighted by Crippen LogP contribution is 2.26. The monoisotopic (exact) mass is 330 g/mol. The Bertz CT molecular complexity index is 507. The van der Waals surface area contributed by atoms with Gasteiger partial charge in [-0.2, -0.15) is 0 Å². The van der Waals surface area contributed by atoms with Crippen molar-refractivity contribution in [3.05, 3.63) is 33.3 Å². The van der Waals surface area contributed by atoms with Crippen LogP contribution in [0.5, 0.6) is 0 Å². The van der Waals surface area contributed by atoms with Crippen molar-refractivity contribution in [2.24, 2.45) is 5.73 Å². The second kappa shape index (κ2) is 5.28. The van der Waals surface area contributed by atoms with Crippen LogP contribution in [-0.4, -0.2) is 29.3 Å². The first-order chi connectivity index (χ1) is 8.50. The smallest absolute Gasteiger partial charge is 0.254 e. The molecule has 2 N–H and O–H groups in total. The summed E-state index contributed by atoms with van der Waals surface area (Å²) in [4.78, 5) is 25.1. The molecule has 1 atom stereocenters. The number of hydrogen-bond donors (Lipinski definition) is 1. The molecule has 0 bridgehead atoms. The molecule has 6 heteroatoms. The Morgan fingerprint density at radius 2 is 2.17 bits per heavy atom. The summed E-state index contributed by atoms with van der Waals surface area (Å²) in [6.07, 6.45) is 1.43. The van der Waals surface area contributed by atoms with Crippen molar-refractivity contribution >= 4 is 39.3 Å². The van der Waals surface area contributed by atoms with Gasteiger partial charge in [0.05, 0.1) is 5.02 Å². The lowest BCUT2D eigenvalue weighted by atomic mass is 10.1. The predicted molar refractivity (Wildman–Crippen MR) is 72.4 cm³/mol. The molecule has 2 rings (SSSR count). The number of hydrogen-bond acceptors (Lipinski definition) is 2. The quantitative estimate of drug-likeness (QED) is 0.903. The van der Waals surface area contributed by atoms with E-state index in [1.165, 1.54) is 4.90 Å². The lowest BCUT2D eigenvalue weighted by Gasteiger charge is -2.22. The highest BCUT2D eigenvalue weighted by Gasteiger charge is 2.33. The van der Waals surface area contributed by atoms with Crippen molar-refractivity contribution in [1.82, 2.24) is 4.90 Å². The van der Waals surface area contributed by atoms with Gasteiger partial charge in [-0.15, -0.1) is 0 Å². The number of rotatable bonds is 2. The molecule has 1 aliphatic rings. The van der Waals surface area contributed by atoms with Crippen LogP contribution in [0, 0.1) is 0 Å². The van der Waals surface area contributed by atoms with E-state index in [9.17, 15) is 9.59 Å². The fourth-order valence-corrected chi connectivity index (χ4v) is 2.60. The summed E-state index contributed by atoms with van der Waals surface area (Å²) < 4.78 is 0.657. The zero-order chi connectivity index (χ0) is 13.3. The largest absolute Gasteiger partial charge is 0.368 e. The number of likely N-dealkylation sites (tertiary alicyclic amines) is 1. The SMILES string of the molecule is NC(=O)C1CCCN1C(=O)c1ccc(Cl)c(Br)c1. The van der Waals surface area contributed by atoms with E-state index in [0.717, 1.165) is 6.42 Å². The number of halogens is 2. The van der Waals surface area contributed by atoms with Crippen molar-refractivity contribution in [2.45, 2.75) is 18.9 Å². The fourth-order valence-electron chi connectivity index (χ4n) is 2.10. The summed E-state index contributed by atoms with van der Waals surface area (Å²) in [5.74, 6) is -0.637. The summed E-state index contributed by atoms with van der Waals surface area (Å²) in [7, 11) is 0. The molecular formula is C12H12BrClN2O2. The van der Waals surface area contributed by atoms with Crippen molar-refractivity contribution in [3.8, 4) is 0 Å². The van der Waals surface area contributed by atoms with E-state index in [-0.39, 0.29) is 5.91 Å². The molecule has 1 fully saturated rings. The molecule has 1 aliphatic heterocycles. The molecule has 0 spiro atoms. The van der Waals surface area contributed by atoms with Crippen molar-refractivity contribution < 1.29 is 9.59 Å². The highest BCUT2D eigenvalue weighted by molar-refractivity contribution is 9.10. The minimum absolute atomic E-state index is 0.186. The minimum atomic E-state index is -0.494. The van der Waals surface area contributed by atoms with Gasteiger partial charge in [-0.25, -0.2) is 0 Å². The predicted octanol–water partition coefficient (Wildman–Crippen LogP) is 2.19. The number of carbonyl (C=O) groups is 2. The third-order valence-electron chi connectivity index (χ3n) is 3.01. The summed E-state index contributed by atoms with van der Waals surface area (Å²) in [5.41, 5.74) is 5.79. The van der Waals surface area contributed by atoms with Gasteiger partial charge < -0.3 is 10.6 Å². The lowest BCUT2D eigenvalue weighted by Crippen LogP contribution is -2.43. The normalized spacial score (nSPS) is 19.0. The van der Waals surface area contributed by atoms with Crippen LogP contribution in [0.25, 0.3) is 0 Å². The Morgan fingerprint density at radius 1 is 1.44 bits per heavy atom. The molecule has 1 aromatic rings. The molecule has 1 saturated heterocycles. The number of amides is 2. The van der Waals surface area contributed by atoms with Gasteiger partial charge in [0.1, 0.15) is 6.04 Å². The minimum Gasteiger partial charge on any atom is -0.368 e. The van der Waals surface area contributed by atoms with E-state index in [4.69, 9.17) is 17.3 Å². The van der Waals surface area contributed by atoms with Gasteiger partial charge in [-0.3, -0.25) is 9.59 Å². The van der Waals surface area contributed by atoms with Crippen LogP contribution in [0.3, 0.4) is 0 Å². The second-order valence-corrected chi connectivity index (χ2v) is 5.45. The lowest BCUT2D eigenvalue weighted by molar-refractivity contribution is -0.121. The maximum atomic E-state index is 12.3. The van der Waals surface area contributed by atoms with Gasteiger partial charge in [0, 0.05) is 16.6 Å². The maximum absolute atomic E-state index is 12.3. The number of carbonyl (C=O) groups excluding carboxylic acids is 2. The summed E-state index contributed by atoms with van der Waals surface area (Å²) in [6, 6.07) is 4.45. The third-order valence-corrected chi connectivity index (χ3v) is 4.22. The van der Waals surface area contributed by atoms with E-state index in [2.05, 4.69) is 15.9 Å². The van der Waals surface area contributed by atoms with Crippen LogP contribution in [-0.2, 0) is 4.79 Å². The molecule has 2 amide bonds. The highest BCUT2D eigenvalue weighted by atomic mass is 79.9. The van der Waals surface area contributed by atoms with Gasteiger partial charge in [-0.05, 0) is 47.0 Å². The molecular weight excluding hydrogens is 320 g/mol. The van der Waals surface area contributed by atoms with Gasteiger partial charge in [0.2, 0.25) is 5.91 Å². The Hall–Kier alpha value is -1.07. The van der Waals surface area contributed by atoms with Crippen LogP contribution in [0.1, 0.15) is 23.2 Å². The Labute approximate surface area is 118 Å². The average molecular weight is 332 g/mol. The number of nitrogens with two attached hydrogens (primary N) is 1. The van der Waals surface area contributed by atoms with Gasteiger partial charge in [-0.1, -0.05) is 11.6 Å². The molecule has 0 aliphatic carbocycles. The van der Waals surface area contributed by atoms with Gasteiger partial charge in [0.15, 0.2) is 0 Å². The summed E-state index contributed by atoms with van der Waals surface area (Å²) >= 11 is 9.15. The fraction of sp³-hybridized carbons (Fsp3) is 0.333. The molecule has 0 saturated carbocycles. The Balaban J connectivity index is 2.25. The molecule has 18 heavy (non-hydrogen) atoms. The molecule has 1 aromatic carbocycles. The third kappa shape index (κ3) is 2.52. The number of nitrogens with zero attached hydrogens (tertiary/aromatic N) is 1. The van der Waals surface area contributed by atoms with Crippen molar-refractivity contribution in [2.75, 3.05) is 6.54 Å². The molecule has 1 unspecified atom stereocenters. The Kier molecular flexibility index (Phi) is 3.92. The van der Waals surface area contributed by atoms with E-state index in [0.29, 0.717) is 28.0 Å². The zero-order valence-electron chi connectivity index (χ0n) is 9.53. The summed E-state index contributed by atoms with van der Waals surface area (Å²) in [6.45, 7) is 0.562. The Morgan fingerprint density at radius 3 is 2.78 bits per heavy atom. The van der Waals surface area contributed by atoms with E-state index in [1.54, 1.807) is 18.2 Å². The summed E-state index contributed by atoms with van der Waals surface area (Å²) in [5, 5.41) is 0.541. The van der Waals surface area contributed by atoms with Crippen LogP contribution in [0.15, 0.2) is 22.7 Å². The van der Waals surface area contributed by atoms with E-state index >= 15 is 0 Å². The first-order valence-electron chi connectivity index (χ1n) is 5.56. The van der Waals surface area contributed by atoms with E-state index in [1.807, 2.05) is 0 Å². The van der Waals surface area contributed by atoms with Crippen LogP contribution >= 0.6 is 27.5 Å².